The van der Waals surface area contributed by atoms with Gasteiger partial charge < -0.3 is 5.32 Å². The molecule has 0 aliphatic carbocycles. The fourth-order valence-corrected chi connectivity index (χ4v) is 3.13. The van der Waals surface area contributed by atoms with Gasteiger partial charge >= 0.3 is 0 Å². The van der Waals surface area contributed by atoms with Crippen molar-refractivity contribution in [2.24, 2.45) is 0 Å². The zero-order chi connectivity index (χ0) is 15.0. The molecule has 0 fully saturated rings. The van der Waals surface area contributed by atoms with E-state index in [1.807, 2.05) is 38.2 Å². The zero-order valence-corrected chi connectivity index (χ0v) is 15.2. The van der Waals surface area contributed by atoms with Gasteiger partial charge in [-0.25, -0.2) is 9.97 Å². The van der Waals surface area contributed by atoms with E-state index in [1.165, 1.54) is 0 Å². The minimum absolute atomic E-state index is 0.688. The lowest BCUT2D eigenvalue weighted by molar-refractivity contribution is 1.09. The number of hydrogen-bond acceptors (Lipinski definition) is 4. The molecule has 0 aliphatic rings. The summed E-state index contributed by atoms with van der Waals surface area (Å²) < 4.78 is 2.05. The van der Waals surface area contributed by atoms with Crippen molar-refractivity contribution in [1.82, 2.24) is 15.0 Å². The first-order valence-electron chi connectivity index (χ1n) is 6.37. The molecular weight excluding hydrogens is 443 g/mol. The Morgan fingerprint density at radius 1 is 1.19 bits per heavy atom. The maximum atomic E-state index is 4.62. The Labute approximate surface area is 144 Å². The zero-order valence-electron chi connectivity index (χ0n) is 11.5. The Morgan fingerprint density at radius 2 is 2.00 bits per heavy atom. The summed E-state index contributed by atoms with van der Waals surface area (Å²) in [5.74, 6) is 1.53. The molecule has 6 heteroatoms. The molecule has 3 aromatic rings. The van der Waals surface area contributed by atoms with Gasteiger partial charge in [0.05, 0.1) is 14.8 Å². The highest BCUT2D eigenvalue weighted by molar-refractivity contribution is 14.1. The molecule has 0 unspecified atom stereocenters. The molecule has 0 bridgehead atoms. The number of nitrogens with one attached hydrogen (secondary N) is 1. The Bertz CT molecular complexity index is 835. The second-order valence-electron chi connectivity index (χ2n) is 4.54. The molecule has 2 aromatic heterocycles. The van der Waals surface area contributed by atoms with Crippen LogP contribution in [0.4, 0.5) is 5.82 Å². The van der Waals surface area contributed by atoms with E-state index in [0.717, 1.165) is 36.0 Å². The van der Waals surface area contributed by atoms with Crippen LogP contribution < -0.4 is 5.32 Å². The topological polar surface area (TPSA) is 50.7 Å². The second-order valence-corrected chi connectivity index (χ2v) is 6.47. The minimum Gasteiger partial charge on any atom is -0.372 e. The normalized spacial score (nSPS) is 10.9. The van der Waals surface area contributed by atoms with Crippen molar-refractivity contribution in [2.75, 3.05) is 12.4 Å². The number of pyridine rings is 1. The predicted octanol–water partition coefficient (Wildman–Crippen LogP) is 4.41. The summed E-state index contributed by atoms with van der Waals surface area (Å²) in [5.41, 5.74) is 2.79. The highest BCUT2D eigenvalue weighted by Gasteiger charge is 2.13. The maximum absolute atomic E-state index is 4.62. The standard InChI is InChI=1S/C15H12BrIN4/c1-8-12(17)15(18-2)21-14(20-8)10-5-6-11(16)9-4-3-7-19-13(9)10/h3-7H,1-2H3,(H,18,20,21). The third-order valence-electron chi connectivity index (χ3n) is 3.21. The van der Waals surface area contributed by atoms with Crippen molar-refractivity contribution >= 4 is 55.2 Å². The van der Waals surface area contributed by atoms with Crippen LogP contribution >= 0.6 is 38.5 Å². The molecule has 0 spiro atoms. The molecule has 0 atom stereocenters. The monoisotopic (exact) mass is 454 g/mol. The van der Waals surface area contributed by atoms with Gasteiger partial charge in [-0.3, -0.25) is 4.98 Å². The number of fused-ring (bicyclic) bond motifs is 1. The first-order chi connectivity index (χ1) is 10.1. The predicted molar refractivity (Wildman–Crippen MR) is 97.5 cm³/mol. The molecule has 0 saturated carbocycles. The molecular formula is C15H12BrIN4. The van der Waals surface area contributed by atoms with Crippen LogP contribution in [0.1, 0.15) is 5.69 Å². The Balaban J connectivity index is 2.31. The first kappa shape index (κ1) is 14.6. The summed E-state index contributed by atoms with van der Waals surface area (Å²) in [4.78, 5) is 13.7. The number of aromatic nitrogens is 3. The van der Waals surface area contributed by atoms with E-state index in [-0.39, 0.29) is 0 Å². The van der Waals surface area contributed by atoms with E-state index in [1.54, 1.807) is 6.20 Å². The number of benzene rings is 1. The van der Waals surface area contributed by atoms with E-state index in [9.17, 15) is 0 Å². The van der Waals surface area contributed by atoms with Crippen LogP contribution in [0.15, 0.2) is 34.9 Å². The largest absolute Gasteiger partial charge is 0.372 e. The molecule has 21 heavy (non-hydrogen) atoms. The Kier molecular flexibility index (Phi) is 4.08. The van der Waals surface area contributed by atoms with E-state index in [2.05, 4.69) is 58.8 Å². The van der Waals surface area contributed by atoms with E-state index in [4.69, 9.17) is 0 Å². The van der Waals surface area contributed by atoms with Crippen molar-refractivity contribution in [3.8, 4) is 11.4 Å². The van der Waals surface area contributed by atoms with Crippen LogP contribution in [0.25, 0.3) is 22.3 Å². The van der Waals surface area contributed by atoms with Crippen molar-refractivity contribution < 1.29 is 0 Å². The van der Waals surface area contributed by atoms with Crippen LogP contribution in [0.5, 0.6) is 0 Å². The molecule has 1 aromatic carbocycles. The van der Waals surface area contributed by atoms with Gasteiger partial charge in [-0.2, -0.15) is 0 Å². The molecule has 4 nitrogen and oxygen atoms in total. The highest BCUT2D eigenvalue weighted by atomic mass is 127. The van der Waals surface area contributed by atoms with Gasteiger partial charge in [0.2, 0.25) is 0 Å². The quantitative estimate of drug-likeness (QED) is 0.582. The number of rotatable bonds is 2. The van der Waals surface area contributed by atoms with Gasteiger partial charge in [-0.1, -0.05) is 22.0 Å². The third-order valence-corrected chi connectivity index (χ3v) is 5.19. The van der Waals surface area contributed by atoms with Crippen LogP contribution in [0.3, 0.4) is 0 Å². The average Bonchev–Trinajstić information content (AvgIpc) is 2.51. The van der Waals surface area contributed by atoms with Gasteiger partial charge in [0, 0.05) is 28.7 Å². The first-order valence-corrected chi connectivity index (χ1v) is 8.24. The van der Waals surface area contributed by atoms with Gasteiger partial charge in [-0.15, -0.1) is 0 Å². The summed E-state index contributed by atoms with van der Waals surface area (Å²) in [6, 6.07) is 7.97. The molecule has 106 valence electrons. The molecule has 0 saturated heterocycles. The van der Waals surface area contributed by atoms with Crippen molar-refractivity contribution in [1.29, 1.82) is 0 Å². The SMILES string of the molecule is CNc1nc(-c2ccc(Br)c3cccnc23)nc(C)c1I. The van der Waals surface area contributed by atoms with Crippen LogP contribution in [0, 0.1) is 10.5 Å². The highest BCUT2D eigenvalue weighted by Crippen LogP contribution is 2.31. The average molecular weight is 455 g/mol. The third kappa shape index (κ3) is 2.62. The van der Waals surface area contributed by atoms with Gasteiger partial charge in [0.15, 0.2) is 5.82 Å². The fraction of sp³-hybridized carbons (Fsp3) is 0.133. The van der Waals surface area contributed by atoms with Gasteiger partial charge in [0.25, 0.3) is 0 Å². The number of aryl methyl sites for hydroxylation is 1. The van der Waals surface area contributed by atoms with E-state index < -0.39 is 0 Å². The summed E-state index contributed by atoms with van der Waals surface area (Å²) >= 11 is 5.82. The summed E-state index contributed by atoms with van der Waals surface area (Å²) in [7, 11) is 1.87. The number of anilines is 1. The summed E-state index contributed by atoms with van der Waals surface area (Å²) in [5, 5.41) is 4.17. The van der Waals surface area contributed by atoms with Gasteiger partial charge in [-0.05, 0) is 47.7 Å². The summed E-state index contributed by atoms with van der Waals surface area (Å²) in [6.45, 7) is 1.99. The lowest BCUT2D eigenvalue weighted by Gasteiger charge is -2.10. The summed E-state index contributed by atoms with van der Waals surface area (Å²) in [6.07, 6.45) is 1.79. The molecule has 0 amide bonds. The maximum Gasteiger partial charge on any atom is 0.164 e. The number of nitrogens with zero attached hydrogens (tertiary/aromatic N) is 3. The van der Waals surface area contributed by atoms with Crippen molar-refractivity contribution in [3.05, 3.63) is 44.2 Å². The smallest absolute Gasteiger partial charge is 0.164 e. The Morgan fingerprint density at radius 3 is 2.76 bits per heavy atom. The lowest BCUT2D eigenvalue weighted by atomic mass is 10.1. The van der Waals surface area contributed by atoms with Crippen molar-refractivity contribution in [2.45, 2.75) is 6.92 Å². The second kappa shape index (κ2) is 5.84. The molecule has 2 heterocycles. The molecule has 0 radical (unpaired) electrons. The van der Waals surface area contributed by atoms with Gasteiger partial charge in [0.1, 0.15) is 5.82 Å². The number of halogens is 2. The Hall–Kier alpha value is -1.28. The molecule has 3 rings (SSSR count). The van der Waals surface area contributed by atoms with Crippen LogP contribution in [-0.2, 0) is 0 Å². The lowest BCUT2D eigenvalue weighted by Crippen LogP contribution is -2.03. The van der Waals surface area contributed by atoms with Crippen LogP contribution in [0.2, 0.25) is 0 Å². The van der Waals surface area contributed by atoms with Crippen molar-refractivity contribution in [3.63, 3.8) is 0 Å². The fourth-order valence-electron chi connectivity index (χ4n) is 2.16. The number of hydrogen-bond donors (Lipinski definition) is 1. The van der Waals surface area contributed by atoms with E-state index in [0.29, 0.717) is 5.82 Å². The molecule has 0 aliphatic heterocycles. The minimum atomic E-state index is 0.688. The van der Waals surface area contributed by atoms with Crippen LogP contribution in [-0.4, -0.2) is 22.0 Å². The molecule has 1 N–H and O–H groups in total. The van der Waals surface area contributed by atoms with E-state index >= 15 is 0 Å².